The molecule has 1 aromatic carbocycles. The lowest BCUT2D eigenvalue weighted by Crippen LogP contribution is -2.51. The molecule has 2 rings (SSSR count). The predicted octanol–water partition coefficient (Wildman–Crippen LogP) is 1.90. The second-order valence-corrected chi connectivity index (χ2v) is 9.92. The maximum Gasteiger partial charge on any atom is 0.342 e. The summed E-state index contributed by atoms with van der Waals surface area (Å²) in [6.45, 7) is 8.30. The monoisotopic (exact) mass is 426 g/mol. The summed E-state index contributed by atoms with van der Waals surface area (Å²) < 4.78 is 29.6. The fourth-order valence-electron chi connectivity index (χ4n) is 3.17. The molecule has 0 atom stereocenters. The molecule has 29 heavy (non-hydrogen) atoms. The maximum atomic E-state index is 12.5. The molecule has 1 fully saturated rings. The van der Waals surface area contributed by atoms with E-state index in [4.69, 9.17) is 4.74 Å². The summed E-state index contributed by atoms with van der Waals surface area (Å²) in [5.74, 6) is -1.09. The number of carbonyl (C=O) groups is 2. The van der Waals surface area contributed by atoms with Gasteiger partial charge in [-0.2, -0.15) is 4.31 Å². The van der Waals surface area contributed by atoms with Crippen molar-refractivity contribution in [2.24, 2.45) is 0 Å². The van der Waals surface area contributed by atoms with Crippen LogP contribution in [0.4, 0.5) is 0 Å². The zero-order chi connectivity index (χ0) is 21.9. The van der Waals surface area contributed by atoms with E-state index < -0.39 is 28.5 Å². The molecule has 1 aliphatic heterocycles. The Kier molecular flexibility index (Phi) is 7.29. The molecule has 1 saturated heterocycles. The Labute approximate surface area is 172 Å². The van der Waals surface area contributed by atoms with Gasteiger partial charge in [-0.3, -0.25) is 4.79 Å². The fourth-order valence-corrected chi connectivity index (χ4v) is 4.00. The van der Waals surface area contributed by atoms with E-state index in [-0.39, 0.29) is 49.3 Å². The first-order valence-electron chi connectivity index (χ1n) is 9.68. The number of aromatic hydroxyl groups is 1. The van der Waals surface area contributed by atoms with Crippen LogP contribution in [0, 0.1) is 0 Å². The summed E-state index contributed by atoms with van der Waals surface area (Å²) in [5, 5.41) is 10.5. The molecule has 1 N–H and O–H groups in total. The van der Waals surface area contributed by atoms with Crippen LogP contribution < -0.4 is 0 Å². The van der Waals surface area contributed by atoms with Gasteiger partial charge in [-0.15, -0.1) is 0 Å². The van der Waals surface area contributed by atoms with Crippen molar-refractivity contribution < 1.29 is 27.9 Å². The number of piperazine rings is 1. The van der Waals surface area contributed by atoms with E-state index in [9.17, 15) is 23.1 Å². The minimum atomic E-state index is -3.28. The van der Waals surface area contributed by atoms with Crippen LogP contribution in [-0.2, 0) is 19.6 Å². The number of esters is 1. The van der Waals surface area contributed by atoms with Crippen molar-refractivity contribution in [3.8, 4) is 5.75 Å². The van der Waals surface area contributed by atoms with E-state index in [1.54, 1.807) is 6.07 Å². The zero-order valence-electron chi connectivity index (χ0n) is 17.6. The largest absolute Gasteiger partial charge is 0.507 e. The number of rotatable bonds is 6. The summed E-state index contributed by atoms with van der Waals surface area (Å²) in [5.41, 5.74) is 1.61. The van der Waals surface area contributed by atoms with Crippen LogP contribution in [0.2, 0.25) is 0 Å². The predicted molar refractivity (Wildman–Crippen MR) is 110 cm³/mol. The first-order chi connectivity index (χ1) is 13.4. The third kappa shape index (κ3) is 5.70. The molecule has 0 spiro atoms. The fraction of sp³-hybridized carbons (Fsp3) is 0.600. The number of hydrogen-bond acceptors (Lipinski definition) is 6. The number of phenolic OH excluding ortho intramolecular Hbond substituents is 1. The van der Waals surface area contributed by atoms with Gasteiger partial charge in [0, 0.05) is 26.2 Å². The van der Waals surface area contributed by atoms with Crippen molar-refractivity contribution in [1.29, 1.82) is 0 Å². The highest BCUT2D eigenvalue weighted by Gasteiger charge is 2.27. The number of ether oxygens (including phenoxy) is 1. The van der Waals surface area contributed by atoms with Crippen molar-refractivity contribution in [2.75, 3.05) is 39.0 Å². The minimum absolute atomic E-state index is 0.0213. The second kappa shape index (κ2) is 9.13. The molecular weight excluding hydrogens is 396 g/mol. The SMILES string of the molecule is CC(C)c1cc(C(=O)OCC(=O)N2CCN(S(C)(=O)=O)CC2)c(O)c(C(C)C)c1. The highest BCUT2D eigenvalue weighted by Crippen LogP contribution is 2.33. The standard InChI is InChI=1S/C20H30N2O6S/c1-13(2)15-10-16(14(3)4)19(24)17(11-15)20(25)28-12-18(23)21-6-8-22(9-7-21)29(5,26)27/h10-11,13-14,24H,6-9,12H2,1-5H3. The van der Waals surface area contributed by atoms with Crippen LogP contribution in [-0.4, -0.2) is 73.6 Å². The third-order valence-electron chi connectivity index (χ3n) is 5.06. The molecule has 0 radical (unpaired) electrons. The average Bonchev–Trinajstić information content (AvgIpc) is 2.64. The number of benzene rings is 1. The van der Waals surface area contributed by atoms with E-state index in [1.807, 2.05) is 33.8 Å². The Morgan fingerprint density at radius 2 is 1.66 bits per heavy atom. The van der Waals surface area contributed by atoms with Gasteiger partial charge in [0.15, 0.2) is 6.61 Å². The summed E-state index contributed by atoms with van der Waals surface area (Å²) in [6, 6.07) is 3.48. The number of hydrogen-bond donors (Lipinski definition) is 1. The summed E-state index contributed by atoms with van der Waals surface area (Å²) in [7, 11) is -3.28. The quantitative estimate of drug-likeness (QED) is 0.697. The molecule has 1 aliphatic rings. The minimum Gasteiger partial charge on any atom is -0.507 e. The van der Waals surface area contributed by atoms with Crippen LogP contribution in [0.3, 0.4) is 0 Å². The van der Waals surface area contributed by atoms with E-state index >= 15 is 0 Å². The molecule has 0 saturated carbocycles. The van der Waals surface area contributed by atoms with Gasteiger partial charge in [-0.25, -0.2) is 13.2 Å². The van der Waals surface area contributed by atoms with Gasteiger partial charge in [-0.05, 0) is 29.0 Å². The summed E-state index contributed by atoms with van der Waals surface area (Å²) in [4.78, 5) is 26.4. The van der Waals surface area contributed by atoms with E-state index in [0.717, 1.165) is 11.8 Å². The lowest BCUT2D eigenvalue weighted by Gasteiger charge is -2.33. The molecule has 1 aromatic rings. The van der Waals surface area contributed by atoms with Crippen molar-refractivity contribution in [3.05, 3.63) is 28.8 Å². The Morgan fingerprint density at radius 3 is 2.14 bits per heavy atom. The van der Waals surface area contributed by atoms with Gasteiger partial charge in [0.25, 0.3) is 5.91 Å². The van der Waals surface area contributed by atoms with Crippen LogP contribution >= 0.6 is 0 Å². The Balaban J connectivity index is 2.05. The normalized spacial score (nSPS) is 15.8. The van der Waals surface area contributed by atoms with Gasteiger partial charge in [-0.1, -0.05) is 33.8 Å². The van der Waals surface area contributed by atoms with Crippen LogP contribution in [0.5, 0.6) is 5.75 Å². The molecule has 0 aromatic heterocycles. The van der Waals surface area contributed by atoms with Gasteiger partial charge >= 0.3 is 5.97 Å². The number of sulfonamides is 1. The number of nitrogens with zero attached hydrogens (tertiary/aromatic N) is 2. The Hall–Kier alpha value is -2.13. The van der Waals surface area contributed by atoms with Gasteiger partial charge in [0.1, 0.15) is 11.3 Å². The highest BCUT2D eigenvalue weighted by molar-refractivity contribution is 7.88. The Bertz CT molecular complexity index is 871. The molecule has 0 bridgehead atoms. The summed E-state index contributed by atoms with van der Waals surface area (Å²) >= 11 is 0. The smallest absolute Gasteiger partial charge is 0.342 e. The van der Waals surface area contributed by atoms with Gasteiger partial charge in [0.05, 0.1) is 6.26 Å². The lowest BCUT2D eigenvalue weighted by atomic mass is 9.92. The van der Waals surface area contributed by atoms with Crippen LogP contribution in [0.25, 0.3) is 0 Å². The number of amides is 1. The average molecular weight is 427 g/mol. The first kappa shape index (κ1) is 23.2. The Morgan fingerprint density at radius 1 is 1.07 bits per heavy atom. The lowest BCUT2D eigenvalue weighted by molar-refractivity contribution is -0.135. The first-order valence-corrected chi connectivity index (χ1v) is 11.5. The van der Waals surface area contributed by atoms with E-state index in [1.165, 1.54) is 9.21 Å². The third-order valence-corrected chi connectivity index (χ3v) is 6.36. The van der Waals surface area contributed by atoms with Gasteiger partial charge in [0.2, 0.25) is 10.0 Å². The van der Waals surface area contributed by atoms with E-state index in [2.05, 4.69) is 0 Å². The molecule has 1 heterocycles. The molecule has 8 nitrogen and oxygen atoms in total. The molecule has 1 amide bonds. The summed E-state index contributed by atoms with van der Waals surface area (Å²) in [6.07, 6.45) is 1.13. The molecule has 0 unspecified atom stereocenters. The topological polar surface area (TPSA) is 104 Å². The molecule has 9 heteroatoms. The zero-order valence-corrected chi connectivity index (χ0v) is 18.5. The van der Waals surface area contributed by atoms with Crippen molar-refractivity contribution in [3.63, 3.8) is 0 Å². The molecule has 0 aliphatic carbocycles. The number of phenols is 1. The highest BCUT2D eigenvalue weighted by atomic mass is 32.2. The van der Waals surface area contributed by atoms with Gasteiger partial charge < -0.3 is 14.7 Å². The van der Waals surface area contributed by atoms with Crippen molar-refractivity contribution in [2.45, 2.75) is 39.5 Å². The van der Waals surface area contributed by atoms with E-state index in [0.29, 0.717) is 5.56 Å². The molecular formula is C20H30N2O6S. The van der Waals surface area contributed by atoms with Crippen LogP contribution in [0.1, 0.15) is 61.0 Å². The van der Waals surface area contributed by atoms with Crippen LogP contribution in [0.15, 0.2) is 12.1 Å². The maximum absolute atomic E-state index is 12.5. The second-order valence-electron chi connectivity index (χ2n) is 7.93. The van der Waals surface area contributed by atoms with Crippen molar-refractivity contribution >= 4 is 21.9 Å². The van der Waals surface area contributed by atoms with Crippen molar-refractivity contribution in [1.82, 2.24) is 9.21 Å². The molecule has 162 valence electrons. The number of carbonyl (C=O) groups excluding carboxylic acids is 2.